The average Bonchev–Trinajstić information content (AvgIpc) is 2.67. The Morgan fingerprint density at radius 1 is 0.914 bits per heavy atom. The largest absolute Gasteiger partial charge is 0.487 e. The third kappa shape index (κ3) is 7.51. The number of benzene rings is 2. The second kappa shape index (κ2) is 9.90. The van der Waals surface area contributed by atoms with Gasteiger partial charge in [-0.15, -0.1) is 0 Å². The molecule has 2 unspecified atom stereocenters. The lowest BCUT2D eigenvalue weighted by atomic mass is 9.89. The van der Waals surface area contributed by atoms with Gasteiger partial charge in [0.15, 0.2) is 5.11 Å². The number of nitrogens with one attached hydrogen (secondary N) is 2. The number of hydrogen-bond acceptors (Lipinski definition) is 4. The summed E-state index contributed by atoms with van der Waals surface area (Å²) in [6.45, 7) is 14.1. The smallest absolute Gasteiger partial charge is 0.167 e. The number of halogens is 2. The van der Waals surface area contributed by atoms with Crippen LogP contribution < -0.4 is 25.8 Å². The quantitative estimate of drug-likeness (QED) is 0.408. The van der Waals surface area contributed by atoms with Crippen LogP contribution in [0.2, 0.25) is 0 Å². The van der Waals surface area contributed by atoms with Gasteiger partial charge in [-0.1, -0.05) is 0 Å². The summed E-state index contributed by atoms with van der Waals surface area (Å²) in [6.07, 6.45) is 1.43. The first-order chi connectivity index (χ1) is 16.0. The molecule has 2 aromatic carbocycles. The zero-order chi connectivity index (χ0) is 26.2. The second-order valence-corrected chi connectivity index (χ2v) is 11.9. The molecule has 2 aliphatic rings. The highest BCUT2D eigenvalue weighted by Crippen LogP contribution is 2.40. The van der Waals surface area contributed by atoms with Crippen molar-refractivity contribution in [2.24, 2.45) is 5.73 Å². The molecule has 2 atom stereocenters. The van der Waals surface area contributed by atoms with Gasteiger partial charge < -0.3 is 25.8 Å². The molecule has 35 heavy (non-hydrogen) atoms. The third-order valence-electron chi connectivity index (χ3n) is 5.69. The molecular weight excluding hydrogens is 468 g/mol. The molecule has 0 spiro atoms. The van der Waals surface area contributed by atoms with Crippen LogP contribution in [0, 0.1) is 11.6 Å². The average molecular weight is 506 g/mol. The standard InChI is InChI=1S/C16H23FN2OS.C11H14FNO/c1-15(2,3)19-14(21)18-12-9-16(4,5)20-13-7-6-10(17)8-11(12)13;1-11(2)6-9(13)8-5-7(12)3-4-10(8)14-11/h6-8,12H,9H2,1-5H3,(H2,18,19,21);3-5,9H,6,13H2,1-2H3. The fourth-order valence-electron chi connectivity index (χ4n) is 4.37. The van der Waals surface area contributed by atoms with Gasteiger partial charge in [-0.25, -0.2) is 8.78 Å². The summed E-state index contributed by atoms with van der Waals surface area (Å²) < 4.78 is 38.1. The van der Waals surface area contributed by atoms with Crippen LogP contribution >= 0.6 is 12.2 Å². The van der Waals surface area contributed by atoms with Gasteiger partial charge in [-0.2, -0.15) is 0 Å². The van der Waals surface area contributed by atoms with Crippen molar-refractivity contribution in [1.82, 2.24) is 10.6 Å². The van der Waals surface area contributed by atoms with Crippen molar-refractivity contribution >= 4 is 17.3 Å². The Balaban J connectivity index is 0.000000211. The van der Waals surface area contributed by atoms with Gasteiger partial charge in [0, 0.05) is 35.5 Å². The summed E-state index contributed by atoms with van der Waals surface area (Å²) in [5.41, 5.74) is 6.83. The minimum absolute atomic E-state index is 0.0678. The first kappa shape index (κ1) is 27.1. The molecule has 8 heteroatoms. The maximum absolute atomic E-state index is 13.5. The molecule has 2 heterocycles. The van der Waals surface area contributed by atoms with Crippen LogP contribution in [0.15, 0.2) is 36.4 Å². The van der Waals surface area contributed by atoms with E-state index in [2.05, 4.69) is 10.6 Å². The van der Waals surface area contributed by atoms with E-state index in [0.29, 0.717) is 23.0 Å². The highest BCUT2D eigenvalue weighted by Gasteiger charge is 2.35. The van der Waals surface area contributed by atoms with E-state index in [4.69, 9.17) is 27.4 Å². The molecule has 192 valence electrons. The fraction of sp³-hybridized carbons (Fsp3) is 0.519. The Hall–Kier alpha value is -2.45. The summed E-state index contributed by atoms with van der Waals surface area (Å²) in [7, 11) is 0. The summed E-state index contributed by atoms with van der Waals surface area (Å²) in [6, 6.07) is 8.91. The number of rotatable bonds is 1. The molecule has 4 N–H and O–H groups in total. The fourth-order valence-corrected chi connectivity index (χ4v) is 4.82. The SMILES string of the molecule is CC(C)(C)NC(=S)NC1CC(C)(C)Oc2ccc(F)cc21.CC1(C)CC(N)c2cc(F)ccc2O1. The van der Waals surface area contributed by atoms with Crippen LogP contribution in [-0.2, 0) is 0 Å². The number of fused-ring (bicyclic) bond motifs is 2. The first-order valence-electron chi connectivity index (χ1n) is 11.8. The van der Waals surface area contributed by atoms with Gasteiger partial charge in [-0.05, 0) is 97.1 Å². The molecule has 0 saturated carbocycles. The van der Waals surface area contributed by atoms with Crippen molar-refractivity contribution in [3.8, 4) is 11.5 Å². The highest BCUT2D eigenvalue weighted by molar-refractivity contribution is 7.80. The monoisotopic (exact) mass is 505 g/mol. The molecule has 0 saturated heterocycles. The summed E-state index contributed by atoms with van der Waals surface area (Å²) in [5.74, 6) is 0.889. The first-order valence-corrected chi connectivity index (χ1v) is 12.3. The lowest BCUT2D eigenvalue weighted by Gasteiger charge is -2.38. The number of hydrogen-bond donors (Lipinski definition) is 3. The predicted octanol–water partition coefficient (Wildman–Crippen LogP) is 6.08. The molecule has 0 aliphatic carbocycles. The number of thiocarbonyl (C=S) groups is 1. The highest BCUT2D eigenvalue weighted by atomic mass is 32.1. The molecule has 0 amide bonds. The molecule has 0 fully saturated rings. The second-order valence-electron chi connectivity index (χ2n) is 11.5. The minimum atomic E-state index is -0.320. The van der Waals surface area contributed by atoms with Crippen molar-refractivity contribution in [3.63, 3.8) is 0 Å². The van der Waals surface area contributed by atoms with Crippen molar-refractivity contribution in [2.45, 2.75) is 90.1 Å². The lowest BCUT2D eigenvalue weighted by molar-refractivity contribution is 0.0691. The number of nitrogens with two attached hydrogens (primary N) is 1. The Morgan fingerprint density at radius 2 is 1.40 bits per heavy atom. The van der Waals surface area contributed by atoms with E-state index in [1.54, 1.807) is 12.1 Å². The van der Waals surface area contributed by atoms with Gasteiger partial charge in [0.05, 0.1) is 6.04 Å². The Bertz CT molecular complexity index is 1080. The van der Waals surface area contributed by atoms with Crippen LogP contribution in [0.5, 0.6) is 11.5 Å². The molecule has 0 radical (unpaired) electrons. The molecule has 2 aromatic rings. The minimum Gasteiger partial charge on any atom is -0.487 e. The Labute approximate surface area is 212 Å². The predicted molar refractivity (Wildman–Crippen MR) is 140 cm³/mol. The van der Waals surface area contributed by atoms with E-state index < -0.39 is 0 Å². The topological polar surface area (TPSA) is 68.5 Å². The molecule has 2 aliphatic heterocycles. The van der Waals surface area contributed by atoms with Crippen molar-refractivity contribution in [1.29, 1.82) is 0 Å². The van der Waals surface area contributed by atoms with E-state index >= 15 is 0 Å². The van der Waals surface area contributed by atoms with E-state index in [1.807, 2.05) is 48.5 Å². The zero-order valence-corrected chi connectivity index (χ0v) is 22.4. The van der Waals surface area contributed by atoms with Crippen molar-refractivity contribution < 1.29 is 18.3 Å². The van der Waals surface area contributed by atoms with Crippen LogP contribution in [0.25, 0.3) is 0 Å². The van der Waals surface area contributed by atoms with E-state index in [1.165, 1.54) is 24.3 Å². The van der Waals surface area contributed by atoms with Crippen molar-refractivity contribution in [3.05, 3.63) is 59.2 Å². The number of ether oxygens (including phenoxy) is 2. The van der Waals surface area contributed by atoms with Gasteiger partial charge >= 0.3 is 0 Å². The molecule has 4 rings (SSSR count). The van der Waals surface area contributed by atoms with E-state index in [-0.39, 0.29) is 40.5 Å². The summed E-state index contributed by atoms with van der Waals surface area (Å²) >= 11 is 5.36. The molecule has 5 nitrogen and oxygen atoms in total. The Morgan fingerprint density at radius 3 is 1.94 bits per heavy atom. The maximum Gasteiger partial charge on any atom is 0.167 e. The van der Waals surface area contributed by atoms with E-state index in [0.717, 1.165) is 17.5 Å². The molecule has 0 bridgehead atoms. The zero-order valence-electron chi connectivity index (χ0n) is 21.6. The van der Waals surface area contributed by atoms with Gasteiger partial charge in [0.2, 0.25) is 0 Å². The summed E-state index contributed by atoms with van der Waals surface area (Å²) in [5, 5.41) is 7.08. The molecular formula is C27H37F2N3O2S. The van der Waals surface area contributed by atoms with E-state index in [9.17, 15) is 8.78 Å². The normalized spacial score (nSPS) is 21.7. The van der Waals surface area contributed by atoms with Crippen LogP contribution in [0.1, 0.15) is 84.5 Å². The lowest BCUT2D eigenvalue weighted by Crippen LogP contribution is -2.49. The summed E-state index contributed by atoms with van der Waals surface area (Å²) in [4.78, 5) is 0. The maximum atomic E-state index is 13.5. The Kier molecular flexibility index (Phi) is 7.67. The molecule has 0 aromatic heterocycles. The van der Waals surface area contributed by atoms with Crippen LogP contribution in [0.3, 0.4) is 0 Å². The van der Waals surface area contributed by atoms with Gasteiger partial charge in [0.1, 0.15) is 34.3 Å². The van der Waals surface area contributed by atoms with Crippen molar-refractivity contribution in [2.75, 3.05) is 0 Å². The van der Waals surface area contributed by atoms with Gasteiger partial charge in [-0.3, -0.25) is 0 Å². The van der Waals surface area contributed by atoms with Crippen LogP contribution in [0.4, 0.5) is 8.78 Å². The third-order valence-corrected chi connectivity index (χ3v) is 5.91. The van der Waals surface area contributed by atoms with Crippen LogP contribution in [-0.4, -0.2) is 21.9 Å². The van der Waals surface area contributed by atoms with Gasteiger partial charge in [0.25, 0.3) is 0 Å².